The molecule has 0 fully saturated rings. The summed E-state index contributed by atoms with van der Waals surface area (Å²) in [6, 6.07) is 20.3. The maximum absolute atomic E-state index is 13.0. The highest BCUT2D eigenvalue weighted by atomic mass is 16.5. The SMILES string of the molecule is CCOc1ccc(N2C(=O)c3ccc(C(=O)OCC(=O)N4CCC(c5ccccc5)=N4)cc3C2=O)cc1. The van der Waals surface area contributed by atoms with E-state index in [2.05, 4.69) is 5.10 Å². The van der Waals surface area contributed by atoms with Crippen LogP contribution in [0.5, 0.6) is 5.75 Å². The molecule has 3 aromatic rings. The van der Waals surface area contributed by atoms with E-state index in [4.69, 9.17) is 9.47 Å². The molecule has 5 rings (SSSR count). The Morgan fingerprint density at radius 3 is 2.38 bits per heavy atom. The number of hydrogen-bond acceptors (Lipinski definition) is 7. The first kappa shape index (κ1) is 23.9. The molecular weight excluding hydrogens is 474 g/mol. The molecule has 186 valence electrons. The summed E-state index contributed by atoms with van der Waals surface area (Å²) in [4.78, 5) is 52.1. The molecule has 0 saturated heterocycles. The molecule has 0 atom stereocenters. The van der Waals surface area contributed by atoms with Crippen molar-refractivity contribution >= 4 is 35.1 Å². The molecule has 0 aromatic heterocycles. The number of esters is 1. The molecule has 0 unspecified atom stereocenters. The van der Waals surface area contributed by atoms with E-state index in [1.54, 1.807) is 24.3 Å². The lowest BCUT2D eigenvalue weighted by Crippen LogP contribution is -2.29. The molecule has 0 spiro atoms. The first-order valence-corrected chi connectivity index (χ1v) is 11.8. The van der Waals surface area contributed by atoms with Crippen LogP contribution in [0.4, 0.5) is 5.69 Å². The van der Waals surface area contributed by atoms with Gasteiger partial charge in [0, 0.05) is 6.42 Å². The average Bonchev–Trinajstić information content (AvgIpc) is 3.52. The molecule has 2 aliphatic heterocycles. The Balaban J connectivity index is 1.24. The number of carbonyl (C=O) groups is 4. The van der Waals surface area contributed by atoms with Crippen LogP contribution in [-0.4, -0.2) is 54.2 Å². The Kier molecular flexibility index (Phi) is 6.51. The number of anilines is 1. The van der Waals surface area contributed by atoms with Gasteiger partial charge in [0.1, 0.15) is 5.75 Å². The molecule has 0 saturated carbocycles. The Bertz CT molecular complexity index is 1420. The van der Waals surface area contributed by atoms with Crippen molar-refractivity contribution in [1.29, 1.82) is 0 Å². The van der Waals surface area contributed by atoms with Crippen LogP contribution in [0, 0.1) is 0 Å². The summed E-state index contributed by atoms with van der Waals surface area (Å²) in [5.74, 6) is -1.64. The first-order valence-electron chi connectivity index (χ1n) is 11.8. The van der Waals surface area contributed by atoms with Crippen molar-refractivity contribution < 1.29 is 28.7 Å². The van der Waals surface area contributed by atoms with Crippen molar-refractivity contribution in [2.75, 3.05) is 24.7 Å². The molecule has 2 aliphatic rings. The summed E-state index contributed by atoms with van der Waals surface area (Å²) < 4.78 is 10.6. The van der Waals surface area contributed by atoms with Crippen molar-refractivity contribution in [3.05, 3.63) is 95.1 Å². The van der Waals surface area contributed by atoms with Crippen molar-refractivity contribution in [1.82, 2.24) is 5.01 Å². The van der Waals surface area contributed by atoms with Crippen LogP contribution in [0.1, 0.15) is 50.0 Å². The van der Waals surface area contributed by atoms with Crippen LogP contribution in [0.3, 0.4) is 0 Å². The number of fused-ring (bicyclic) bond motifs is 1. The van der Waals surface area contributed by atoms with E-state index in [9.17, 15) is 19.2 Å². The minimum Gasteiger partial charge on any atom is -0.494 e. The van der Waals surface area contributed by atoms with Gasteiger partial charge in [-0.3, -0.25) is 14.4 Å². The fourth-order valence-corrected chi connectivity index (χ4v) is 4.22. The molecule has 37 heavy (non-hydrogen) atoms. The maximum atomic E-state index is 13.0. The average molecular weight is 498 g/mol. The van der Waals surface area contributed by atoms with Crippen LogP contribution >= 0.6 is 0 Å². The minimum atomic E-state index is -0.776. The third kappa shape index (κ3) is 4.71. The molecule has 0 bridgehead atoms. The molecule has 3 aromatic carbocycles. The fourth-order valence-electron chi connectivity index (χ4n) is 4.22. The van der Waals surface area contributed by atoms with Gasteiger partial charge in [-0.15, -0.1) is 0 Å². The zero-order valence-corrected chi connectivity index (χ0v) is 20.0. The highest BCUT2D eigenvalue weighted by Gasteiger charge is 2.37. The largest absolute Gasteiger partial charge is 0.494 e. The molecule has 3 amide bonds. The fraction of sp³-hybridized carbons (Fsp3) is 0.179. The summed E-state index contributed by atoms with van der Waals surface area (Å²) in [6.45, 7) is 2.26. The summed E-state index contributed by atoms with van der Waals surface area (Å²) in [5, 5.41) is 5.63. The van der Waals surface area contributed by atoms with Crippen molar-refractivity contribution in [2.24, 2.45) is 5.10 Å². The first-order chi connectivity index (χ1) is 18.0. The van der Waals surface area contributed by atoms with Crippen LogP contribution in [0.25, 0.3) is 0 Å². The van der Waals surface area contributed by atoms with Gasteiger partial charge in [0.2, 0.25) is 0 Å². The van der Waals surface area contributed by atoms with Gasteiger partial charge in [-0.1, -0.05) is 30.3 Å². The third-order valence-electron chi connectivity index (χ3n) is 6.05. The Morgan fingerprint density at radius 1 is 0.919 bits per heavy atom. The monoisotopic (exact) mass is 497 g/mol. The maximum Gasteiger partial charge on any atom is 0.338 e. The van der Waals surface area contributed by atoms with E-state index in [-0.39, 0.29) is 16.7 Å². The number of carbonyl (C=O) groups excluding carboxylic acids is 4. The van der Waals surface area contributed by atoms with E-state index in [0.29, 0.717) is 31.0 Å². The summed E-state index contributed by atoms with van der Waals surface area (Å²) in [7, 11) is 0. The second-order valence-corrected chi connectivity index (χ2v) is 8.39. The third-order valence-corrected chi connectivity index (χ3v) is 6.05. The summed E-state index contributed by atoms with van der Waals surface area (Å²) >= 11 is 0. The molecular formula is C28H23N3O6. The van der Waals surface area contributed by atoms with E-state index in [0.717, 1.165) is 16.2 Å². The van der Waals surface area contributed by atoms with Gasteiger partial charge < -0.3 is 9.47 Å². The van der Waals surface area contributed by atoms with Crippen LogP contribution in [0.15, 0.2) is 77.9 Å². The minimum absolute atomic E-state index is 0.0659. The Labute approximate surface area is 212 Å². The quantitative estimate of drug-likeness (QED) is 0.364. The molecule has 9 heteroatoms. The lowest BCUT2D eigenvalue weighted by atomic mass is 10.1. The number of imide groups is 1. The second kappa shape index (κ2) is 10.1. The summed E-state index contributed by atoms with van der Waals surface area (Å²) in [5.41, 5.74) is 2.47. The predicted octanol–water partition coefficient (Wildman–Crippen LogP) is 3.68. The number of benzene rings is 3. The van der Waals surface area contributed by atoms with Crippen molar-refractivity contribution in [3.8, 4) is 5.75 Å². The van der Waals surface area contributed by atoms with E-state index in [1.165, 1.54) is 23.2 Å². The Hall–Kier alpha value is -4.79. The van der Waals surface area contributed by atoms with Crippen molar-refractivity contribution in [3.63, 3.8) is 0 Å². The molecule has 0 aliphatic carbocycles. The zero-order chi connectivity index (χ0) is 25.9. The standard InChI is InChI=1S/C28H23N3O6/c1-2-36-21-11-9-20(10-12-21)31-26(33)22-13-8-19(16-23(22)27(31)34)28(35)37-17-25(32)30-15-14-24(29-30)18-6-4-3-5-7-18/h3-13,16H,2,14-15,17H2,1H3. The summed E-state index contributed by atoms with van der Waals surface area (Å²) in [6.07, 6.45) is 0.607. The van der Waals surface area contributed by atoms with E-state index in [1.807, 2.05) is 37.3 Å². The van der Waals surface area contributed by atoms with E-state index < -0.39 is 30.3 Å². The molecule has 0 N–H and O–H groups in total. The van der Waals surface area contributed by atoms with Gasteiger partial charge in [-0.2, -0.15) is 5.10 Å². The van der Waals surface area contributed by atoms with Gasteiger partial charge in [0.15, 0.2) is 6.61 Å². The van der Waals surface area contributed by atoms with Gasteiger partial charge in [0.05, 0.1) is 41.2 Å². The number of ether oxygens (including phenoxy) is 2. The van der Waals surface area contributed by atoms with Crippen LogP contribution in [0.2, 0.25) is 0 Å². The predicted molar refractivity (Wildman–Crippen MR) is 135 cm³/mol. The smallest absolute Gasteiger partial charge is 0.338 e. The number of hydrazone groups is 1. The van der Waals surface area contributed by atoms with Gasteiger partial charge in [-0.05, 0) is 55.0 Å². The van der Waals surface area contributed by atoms with E-state index >= 15 is 0 Å². The number of rotatable bonds is 7. The van der Waals surface area contributed by atoms with Gasteiger partial charge >= 0.3 is 5.97 Å². The molecule has 9 nitrogen and oxygen atoms in total. The van der Waals surface area contributed by atoms with Crippen molar-refractivity contribution in [2.45, 2.75) is 13.3 Å². The highest BCUT2D eigenvalue weighted by molar-refractivity contribution is 6.34. The highest BCUT2D eigenvalue weighted by Crippen LogP contribution is 2.30. The lowest BCUT2D eigenvalue weighted by Gasteiger charge is -2.14. The Morgan fingerprint density at radius 2 is 1.65 bits per heavy atom. The number of nitrogens with zero attached hydrogens (tertiary/aromatic N) is 3. The normalized spacial score (nSPS) is 14.5. The van der Waals surface area contributed by atoms with Crippen LogP contribution < -0.4 is 9.64 Å². The lowest BCUT2D eigenvalue weighted by molar-refractivity contribution is -0.134. The zero-order valence-electron chi connectivity index (χ0n) is 20.0. The second-order valence-electron chi connectivity index (χ2n) is 8.39. The van der Waals surface area contributed by atoms with Gasteiger partial charge in [0.25, 0.3) is 17.7 Å². The topological polar surface area (TPSA) is 106 Å². The van der Waals surface area contributed by atoms with Gasteiger partial charge in [-0.25, -0.2) is 14.7 Å². The molecule has 2 heterocycles. The van der Waals surface area contributed by atoms with Crippen LogP contribution in [-0.2, 0) is 9.53 Å². The molecule has 0 radical (unpaired) electrons. The number of hydrogen-bond donors (Lipinski definition) is 0. The number of amides is 3.